The van der Waals surface area contributed by atoms with E-state index in [9.17, 15) is 14.9 Å². The van der Waals surface area contributed by atoms with Gasteiger partial charge in [-0.15, -0.1) is 11.8 Å². The molecule has 2 rings (SSSR count). The Labute approximate surface area is 78.9 Å². The zero-order chi connectivity index (χ0) is 9.42. The number of fused-ring (bicyclic) bond motifs is 1. The van der Waals surface area contributed by atoms with Gasteiger partial charge in [-0.2, -0.15) is 0 Å². The summed E-state index contributed by atoms with van der Waals surface area (Å²) in [7, 11) is 0. The zero-order valence-corrected chi connectivity index (χ0v) is 7.67. The largest absolute Gasteiger partial charge is 0.353 e. The average molecular weight is 200 g/mol. The molecule has 0 aromatic heterocycles. The van der Waals surface area contributed by atoms with Gasteiger partial charge in [-0.05, 0) is 6.42 Å². The van der Waals surface area contributed by atoms with E-state index in [2.05, 4.69) is 0 Å². The van der Waals surface area contributed by atoms with Crippen molar-refractivity contribution < 1.29 is 9.72 Å². The minimum absolute atomic E-state index is 0.193. The first-order valence-corrected chi connectivity index (χ1v) is 4.98. The second-order valence-electron chi connectivity index (χ2n) is 2.96. The summed E-state index contributed by atoms with van der Waals surface area (Å²) in [4.78, 5) is 23.0. The Morgan fingerprint density at radius 2 is 2.31 bits per heavy atom. The molecule has 5 nitrogen and oxygen atoms in total. The van der Waals surface area contributed by atoms with Crippen molar-refractivity contribution in [3.63, 3.8) is 0 Å². The Kier molecular flexibility index (Phi) is 1.99. The van der Waals surface area contributed by atoms with Gasteiger partial charge in [0.15, 0.2) is 5.03 Å². The summed E-state index contributed by atoms with van der Waals surface area (Å²) < 4.78 is 0. The summed E-state index contributed by atoms with van der Waals surface area (Å²) in [6.07, 6.45) is 0.993. The Hall–Kier alpha value is -1.04. The van der Waals surface area contributed by atoms with Crippen molar-refractivity contribution in [1.82, 2.24) is 4.90 Å². The molecule has 2 heterocycles. The van der Waals surface area contributed by atoms with Gasteiger partial charge in [-0.1, -0.05) is 0 Å². The van der Waals surface area contributed by atoms with Gasteiger partial charge >= 0.3 is 5.70 Å². The minimum atomic E-state index is -0.560. The molecule has 0 spiro atoms. The molecule has 0 aliphatic carbocycles. The molecule has 0 amide bonds. The highest BCUT2D eigenvalue weighted by atomic mass is 32.2. The third kappa shape index (κ3) is 1.31. The highest BCUT2D eigenvalue weighted by Crippen LogP contribution is 2.34. The first-order chi connectivity index (χ1) is 6.20. The summed E-state index contributed by atoms with van der Waals surface area (Å²) in [5.74, 6) is 0.519. The molecule has 0 unspecified atom stereocenters. The maximum atomic E-state index is 11.2. The van der Waals surface area contributed by atoms with Crippen LogP contribution in [-0.2, 0) is 4.79 Å². The molecule has 2 aliphatic rings. The van der Waals surface area contributed by atoms with Crippen LogP contribution < -0.4 is 0 Å². The van der Waals surface area contributed by atoms with Crippen LogP contribution in [0, 0.1) is 10.1 Å². The summed E-state index contributed by atoms with van der Waals surface area (Å²) in [6.45, 7) is 0.962. The molecule has 0 bridgehead atoms. The second kappa shape index (κ2) is 3.02. The zero-order valence-electron chi connectivity index (χ0n) is 6.86. The predicted molar refractivity (Wildman–Crippen MR) is 47.7 cm³/mol. The maximum absolute atomic E-state index is 11.2. The molecule has 0 aromatic rings. The van der Waals surface area contributed by atoms with Crippen LogP contribution in [0.4, 0.5) is 0 Å². The van der Waals surface area contributed by atoms with Crippen molar-refractivity contribution in [3.8, 4) is 0 Å². The molecule has 6 heteroatoms. The number of carbonyl (C=O) groups is 1. The van der Waals surface area contributed by atoms with Crippen molar-refractivity contribution in [2.75, 3.05) is 18.8 Å². The summed E-state index contributed by atoms with van der Waals surface area (Å²) >= 11 is 1.42. The topological polar surface area (TPSA) is 63.5 Å². The minimum Gasteiger partial charge on any atom is -0.353 e. The van der Waals surface area contributed by atoms with E-state index >= 15 is 0 Å². The third-order valence-corrected chi connectivity index (χ3v) is 3.30. The summed E-state index contributed by atoms with van der Waals surface area (Å²) in [6, 6.07) is 0. The monoisotopic (exact) mass is 200 g/mol. The predicted octanol–water partition coefficient (Wildman–Crippen LogP) is 0.454. The van der Waals surface area contributed by atoms with Crippen LogP contribution in [0.5, 0.6) is 0 Å². The van der Waals surface area contributed by atoms with Crippen LogP contribution in [0.15, 0.2) is 10.7 Å². The molecule has 0 radical (unpaired) electrons. The van der Waals surface area contributed by atoms with Crippen molar-refractivity contribution in [2.45, 2.75) is 6.42 Å². The van der Waals surface area contributed by atoms with E-state index in [1.807, 2.05) is 0 Å². The highest BCUT2D eigenvalue weighted by Gasteiger charge is 2.40. The average Bonchev–Trinajstić information content (AvgIpc) is 2.39. The van der Waals surface area contributed by atoms with E-state index in [-0.39, 0.29) is 18.0 Å². The van der Waals surface area contributed by atoms with Crippen LogP contribution >= 0.6 is 11.8 Å². The summed E-state index contributed by atoms with van der Waals surface area (Å²) in [5, 5.41) is 11.1. The molecule has 0 N–H and O–H groups in total. The number of nitrogens with zero attached hydrogens (tertiary/aromatic N) is 2. The van der Waals surface area contributed by atoms with Gasteiger partial charge in [0.1, 0.15) is 0 Å². The number of rotatable bonds is 1. The summed E-state index contributed by atoms with van der Waals surface area (Å²) in [5.41, 5.74) is -0.204. The lowest BCUT2D eigenvalue weighted by atomic mass is 10.3. The fraction of sp³-hybridized carbons (Fsp3) is 0.571. The van der Waals surface area contributed by atoms with E-state index in [0.717, 1.165) is 18.7 Å². The fourth-order valence-electron chi connectivity index (χ4n) is 1.53. The van der Waals surface area contributed by atoms with E-state index in [1.54, 1.807) is 4.90 Å². The standard InChI is InChI=1S/C7H8N2O3S/c10-5-4-8-2-1-3-13-7(8)6(5)9(11)12/h1-4H2. The Morgan fingerprint density at radius 1 is 1.54 bits per heavy atom. The van der Waals surface area contributed by atoms with Crippen LogP contribution in [0.25, 0.3) is 0 Å². The van der Waals surface area contributed by atoms with Crippen molar-refractivity contribution in [3.05, 3.63) is 20.8 Å². The lowest BCUT2D eigenvalue weighted by molar-refractivity contribution is -0.418. The Bertz CT molecular complexity index is 313. The number of nitro groups is 1. The van der Waals surface area contributed by atoms with Gasteiger partial charge in [0.25, 0.3) is 5.78 Å². The Morgan fingerprint density at radius 3 is 3.00 bits per heavy atom. The number of ketones is 1. The maximum Gasteiger partial charge on any atom is 0.343 e. The van der Waals surface area contributed by atoms with Gasteiger partial charge in [-0.25, -0.2) is 0 Å². The number of hydrogen-bond donors (Lipinski definition) is 0. The van der Waals surface area contributed by atoms with Gasteiger partial charge < -0.3 is 4.90 Å². The van der Waals surface area contributed by atoms with Gasteiger partial charge in [0.05, 0.1) is 11.5 Å². The van der Waals surface area contributed by atoms with Crippen LogP contribution in [0.1, 0.15) is 6.42 Å². The molecule has 13 heavy (non-hydrogen) atoms. The number of carbonyl (C=O) groups excluding carboxylic acids is 1. The number of thioether (sulfide) groups is 1. The van der Waals surface area contributed by atoms with Crippen LogP contribution in [0.2, 0.25) is 0 Å². The molecule has 70 valence electrons. The smallest absolute Gasteiger partial charge is 0.343 e. The van der Waals surface area contributed by atoms with Crippen molar-refractivity contribution in [2.24, 2.45) is 0 Å². The number of Topliss-reactive ketones (excluding diaryl/α,β-unsaturated/α-hetero) is 1. The molecule has 1 fully saturated rings. The highest BCUT2D eigenvalue weighted by molar-refractivity contribution is 8.03. The van der Waals surface area contributed by atoms with Gasteiger partial charge in [0.2, 0.25) is 0 Å². The molecular weight excluding hydrogens is 192 g/mol. The van der Waals surface area contributed by atoms with Crippen molar-refractivity contribution in [1.29, 1.82) is 0 Å². The molecule has 2 aliphatic heterocycles. The second-order valence-corrected chi connectivity index (χ2v) is 4.04. The fourth-order valence-corrected chi connectivity index (χ4v) is 2.66. The van der Waals surface area contributed by atoms with Gasteiger partial charge in [-0.3, -0.25) is 14.9 Å². The molecule has 1 saturated heterocycles. The number of hydrogen-bond acceptors (Lipinski definition) is 5. The molecule has 0 atom stereocenters. The van der Waals surface area contributed by atoms with Crippen LogP contribution in [-0.4, -0.2) is 34.4 Å². The first kappa shape index (κ1) is 8.55. The quantitative estimate of drug-likeness (QED) is 0.454. The molecule has 0 aromatic carbocycles. The Balaban J connectivity index is 2.37. The van der Waals surface area contributed by atoms with E-state index in [1.165, 1.54) is 11.8 Å². The van der Waals surface area contributed by atoms with E-state index in [4.69, 9.17) is 0 Å². The van der Waals surface area contributed by atoms with E-state index < -0.39 is 4.92 Å². The third-order valence-electron chi connectivity index (χ3n) is 2.08. The first-order valence-electron chi connectivity index (χ1n) is 4.00. The molecule has 0 saturated carbocycles. The van der Waals surface area contributed by atoms with Crippen molar-refractivity contribution >= 4 is 17.5 Å². The normalized spacial score (nSPS) is 22.2. The van der Waals surface area contributed by atoms with Gasteiger partial charge in [0, 0.05) is 12.3 Å². The molecular formula is C7H8N2O3S. The SMILES string of the molecule is O=C1CN2CCCSC2=C1[N+](=O)[O-]. The lowest BCUT2D eigenvalue weighted by Crippen LogP contribution is -2.25. The van der Waals surface area contributed by atoms with Crippen LogP contribution in [0.3, 0.4) is 0 Å². The lowest BCUT2D eigenvalue weighted by Gasteiger charge is -2.23. The van der Waals surface area contributed by atoms with E-state index in [0.29, 0.717) is 5.03 Å².